The second-order valence-corrected chi connectivity index (χ2v) is 5.87. The molecule has 3 rings (SSSR count). The summed E-state index contributed by atoms with van der Waals surface area (Å²) in [7, 11) is 0. The number of rotatable bonds is 4. The third kappa shape index (κ3) is 3.49. The molecular weight excluding hydrogens is 282 g/mol. The van der Waals surface area contributed by atoms with Crippen molar-refractivity contribution in [1.82, 2.24) is 9.88 Å². The molecule has 0 bridgehead atoms. The molecule has 0 unspecified atom stereocenters. The van der Waals surface area contributed by atoms with Gasteiger partial charge in [-0.2, -0.15) is 5.26 Å². The first-order chi connectivity index (χ1) is 10.8. The Labute approximate surface area is 130 Å². The summed E-state index contributed by atoms with van der Waals surface area (Å²) in [6.07, 6.45) is 5.95. The highest BCUT2D eigenvalue weighted by molar-refractivity contribution is 5.92. The molecule has 118 valence electrons. The number of aromatic amines is 1. The first-order valence-electron chi connectivity index (χ1n) is 7.87. The smallest absolute Gasteiger partial charge is 0.270 e. The number of hydrogen-bond acceptors (Lipinski definition) is 4. The van der Waals surface area contributed by atoms with Crippen LogP contribution >= 0.6 is 0 Å². The number of carbonyl (C=O) groups is 1. The molecule has 0 saturated carbocycles. The van der Waals surface area contributed by atoms with E-state index in [2.05, 4.69) is 4.98 Å². The van der Waals surface area contributed by atoms with Gasteiger partial charge in [-0.05, 0) is 31.7 Å². The molecule has 0 spiro atoms. The Balaban J connectivity index is 1.44. The molecule has 2 aliphatic heterocycles. The van der Waals surface area contributed by atoms with E-state index in [-0.39, 0.29) is 18.1 Å². The summed E-state index contributed by atoms with van der Waals surface area (Å²) < 4.78 is 11.5. The Morgan fingerprint density at radius 1 is 1.45 bits per heavy atom. The Bertz CT molecular complexity index is 549. The summed E-state index contributed by atoms with van der Waals surface area (Å²) >= 11 is 0. The van der Waals surface area contributed by atoms with Crippen molar-refractivity contribution in [3.8, 4) is 6.07 Å². The van der Waals surface area contributed by atoms with Gasteiger partial charge in [0.05, 0.1) is 24.4 Å². The fraction of sp³-hybridized carbons (Fsp3) is 0.625. The van der Waals surface area contributed by atoms with Crippen molar-refractivity contribution in [2.45, 2.75) is 37.9 Å². The predicted octanol–water partition coefficient (Wildman–Crippen LogP) is 1.69. The van der Waals surface area contributed by atoms with Crippen LogP contribution in [-0.2, 0) is 9.47 Å². The molecule has 2 aliphatic rings. The minimum Gasteiger partial charge on any atom is -0.376 e. The molecule has 1 aromatic rings. The molecule has 3 heterocycles. The molecule has 2 saturated heterocycles. The van der Waals surface area contributed by atoms with Gasteiger partial charge < -0.3 is 19.4 Å². The topological polar surface area (TPSA) is 78.4 Å². The maximum atomic E-state index is 12.3. The normalized spacial score (nSPS) is 22.7. The molecule has 6 nitrogen and oxygen atoms in total. The van der Waals surface area contributed by atoms with Crippen LogP contribution in [-0.4, -0.2) is 54.3 Å². The third-order valence-corrected chi connectivity index (χ3v) is 4.31. The van der Waals surface area contributed by atoms with E-state index in [1.54, 1.807) is 12.3 Å². The van der Waals surface area contributed by atoms with Gasteiger partial charge in [-0.1, -0.05) is 0 Å². The molecule has 6 heteroatoms. The van der Waals surface area contributed by atoms with Crippen LogP contribution in [0.1, 0.15) is 41.7 Å². The fourth-order valence-corrected chi connectivity index (χ4v) is 3.00. The lowest BCUT2D eigenvalue weighted by molar-refractivity contribution is -0.0395. The van der Waals surface area contributed by atoms with E-state index < -0.39 is 0 Å². The lowest BCUT2D eigenvalue weighted by Crippen LogP contribution is -2.41. The van der Waals surface area contributed by atoms with E-state index in [9.17, 15) is 4.79 Å². The van der Waals surface area contributed by atoms with Crippen molar-refractivity contribution in [3.05, 3.63) is 23.5 Å². The quantitative estimate of drug-likeness (QED) is 0.918. The number of hydrogen-bond donors (Lipinski definition) is 1. The van der Waals surface area contributed by atoms with Gasteiger partial charge >= 0.3 is 0 Å². The Hall–Kier alpha value is -1.84. The van der Waals surface area contributed by atoms with Gasteiger partial charge in [0.1, 0.15) is 11.8 Å². The first kappa shape index (κ1) is 15.1. The SMILES string of the molecule is N#Cc1c[nH]c(C(=O)N2CCC(OC[C@H]3CCCO3)CC2)c1. The number of H-pyrrole nitrogens is 1. The Morgan fingerprint density at radius 2 is 2.27 bits per heavy atom. The van der Waals surface area contributed by atoms with Gasteiger partial charge in [-0.15, -0.1) is 0 Å². The van der Waals surface area contributed by atoms with E-state index in [0.29, 0.717) is 31.0 Å². The van der Waals surface area contributed by atoms with Gasteiger partial charge in [-0.25, -0.2) is 0 Å². The largest absolute Gasteiger partial charge is 0.376 e. The Morgan fingerprint density at radius 3 is 2.91 bits per heavy atom. The standard InChI is InChI=1S/C16H21N3O3/c17-9-12-8-15(18-10-12)16(20)19-5-3-13(4-6-19)22-11-14-2-1-7-21-14/h8,10,13-14,18H,1-7,11H2/t14-/m1/s1. The van der Waals surface area contributed by atoms with Crippen LogP contribution in [0, 0.1) is 11.3 Å². The number of nitrogens with one attached hydrogen (secondary N) is 1. The molecule has 22 heavy (non-hydrogen) atoms. The second-order valence-electron chi connectivity index (χ2n) is 5.87. The molecular formula is C16H21N3O3. The first-order valence-corrected chi connectivity index (χ1v) is 7.87. The van der Waals surface area contributed by atoms with Gasteiger partial charge in [-0.3, -0.25) is 4.79 Å². The van der Waals surface area contributed by atoms with Crippen molar-refractivity contribution in [3.63, 3.8) is 0 Å². The highest BCUT2D eigenvalue weighted by atomic mass is 16.5. The van der Waals surface area contributed by atoms with Crippen molar-refractivity contribution in [2.24, 2.45) is 0 Å². The van der Waals surface area contributed by atoms with Crippen LogP contribution in [0.25, 0.3) is 0 Å². The van der Waals surface area contributed by atoms with E-state index in [4.69, 9.17) is 14.7 Å². The molecule has 2 fully saturated rings. The number of piperidine rings is 1. The van der Waals surface area contributed by atoms with Gasteiger partial charge in [0.15, 0.2) is 0 Å². The van der Waals surface area contributed by atoms with Crippen molar-refractivity contribution in [1.29, 1.82) is 5.26 Å². The second kappa shape index (κ2) is 6.95. The zero-order valence-corrected chi connectivity index (χ0v) is 12.6. The van der Waals surface area contributed by atoms with E-state index in [1.807, 2.05) is 11.0 Å². The van der Waals surface area contributed by atoms with E-state index in [1.165, 1.54) is 0 Å². The average Bonchev–Trinajstić information content (AvgIpc) is 3.24. The Kier molecular flexibility index (Phi) is 4.76. The number of nitrogens with zero attached hydrogens (tertiary/aromatic N) is 2. The van der Waals surface area contributed by atoms with Crippen LogP contribution in [0.2, 0.25) is 0 Å². The van der Waals surface area contributed by atoms with Crippen LogP contribution in [0.3, 0.4) is 0 Å². The van der Waals surface area contributed by atoms with Crippen molar-refractivity contribution < 1.29 is 14.3 Å². The minimum atomic E-state index is -0.0425. The highest BCUT2D eigenvalue weighted by Crippen LogP contribution is 2.19. The van der Waals surface area contributed by atoms with E-state index in [0.717, 1.165) is 32.3 Å². The zero-order chi connectivity index (χ0) is 15.4. The number of amides is 1. The van der Waals surface area contributed by atoms with Crippen LogP contribution in [0.4, 0.5) is 0 Å². The summed E-state index contributed by atoms with van der Waals surface area (Å²) in [4.78, 5) is 17.0. The molecule has 1 amide bonds. The molecule has 0 aromatic carbocycles. The molecule has 1 N–H and O–H groups in total. The molecule has 0 radical (unpaired) electrons. The maximum Gasteiger partial charge on any atom is 0.270 e. The lowest BCUT2D eigenvalue weighted by atomic mass is 10.1. The summed E-state index contributed by atoms with van der Waals surface area (Å²) in [5, 5.41) is 8.81. The number of aromatic nitrogens is 1. The van der Waals surface area contributed by atoms with Gasteiger partial charge in [0, 0.05) is 25.9 Å². The van der Waals surface area contributed by atoms with Crippen LogP contribution in [0.5, 0.6) is 0 Å². The van der Waals surface area contributed by atoms with Crippen molar-refractivity contribution in [2.75, 3.05) is 26.3 Å². The summed E-state index contributed by atoms with van der Waals surface area (Å²) in [5.74, 6) is -0.0425. The van der Waals surface area contributed by atoms with Crippen LogP contribution < -0.4 is 0 Å². The minimum absolute atomic E-state index is 0.0425. The number of nitriles is 1. The number of ether oxygens (including phenoxy) is 2. The lowest BCUT2D eigenvalue weighted by Gasteiger charge is -2.32. The van der Waals surface area contributed by atoms with E-state index >= 15 is 0 Å². The molecule has 0 aliphatic carbocycles. The maximum absolute atomic E-state index is 12.3. The zero-order valence-electron chi connectivity index (χ0n) is 12.6. The number of carbonyl (C=O) groups excluding carboxylic acids is 1. The van der Waals surface area contributed by atoms with Gasteiger partial charge in [0.25, 0.3) is 5.91 Å². The number of likely N-dealkylation sites (tertiary alicyclic amines) is 1. The summed E-state index contributed by atoms with van der Waals surface area (Å²) in [6, 6.07) is 3.62. The van der Waals surface area contributed by atoms with Crippen LogP contribution in [0.15, 0.2) is 12.3 Å². The predicted molar refractivity (Wildman–Crippen MR) is 79.4 cm³/mol. The van der Waals surface area contributed by atoms with Crippen molar-refractivity contribution >= 4 is 5.91 Å². The molecule has 1 atom stereocenters. The summed E-state index contributed by atoms with van der Waals surface area (Å²) in [5.41, 5.74) is 0.966. The molecule has 1 aromatic heterocycles. The average molecular weight is 303 g/mol. The highest BCUT2D eigenvalue weighted by Gasteiger charge is 2.26. The third-order valence-electron chi connectivity index (χ3n) is 4.31. The monoisotopic (exact) mass is 303 g/mol. The van der Waals surface area contributed by atoms with Gasteiger partial charge in [0.2, 0.25) is 0 Å². The fourth-order valence-electron chi connectivity index (χ4n) is 3.00. The summed E-state index contributed by atoms with van der Waals surface area (Å²) in [6.45, 7) is 2.90.